The first-order chi connectivity index (χ1) is 9.97. The molecule has 0 aromatic carbocycles. The number of rotatable bonds is 5. The number of ether oxygens (including phenoxy) is 3. The van der Waals surface area contributed by atoms with Gasteiger partial charge >= 0.3 is 11.9 Å². The van der Waals surface area contributed by atoms with Crippen molar-refractivity contribution >= 4 is 11.9 Å². The van der Waals surface area contributed by atoms with E-state index in [0.717, 1.165) is 6.42 Å². The molecule has 0 spiro atoms. The fourth-order valence-corrected chi connectivity index (χ4v) is 2.75. The Morgan fingerprint density at radius 1 is 1.33 bits per heavy atom. The van der Waals surface area contributed by atoms with Crippen LogP contribution >= 0.6 is 0 Å². The zero-order valence-corrected chi connectivity index (χ0v) is 13.0. The molecule has 0 saturated carbocycles. The summed E-state index contributed by atoms with van der Waals surface area (Å²) in [6.45, 7) is 6.84. The van der Waals surface area contributed by atoms with Gasteiger partial charge in [0.2, 0.25) is 0 Å². The third kappa shape index (κ3) is 4.41. The molecule has 120 valence electrons. The molecule has 0 aromatic heterocycles. The fraction of sp³-hybridized carbons (Fsp3) is 0.867. The molecule has 2 aliphatic rings. The van der Waals surface area contributed by atoms with E-state index in [1.807, 2.05) is 0 Å². The lowest BCUT2D eigenvalue weighted by Gasteiger charge is -2.26. The van der Waals surface area contributed by atoms with Crippen LogP contribution < -0.4 is 5.32 Å². The molecule has 1 N–H and O–H groups in total. The van der Waals surface area contributed by atoms with Gasteiger partial charge in [-0.1, -0.05) is 6.92 Å². The Hall–Kier alpha value is -1.14. The number of hydrogen-bond donors (Lipinski definition) is 1. The standard InChI is InChI=1S/C15H25NO5/c1-9-8-13(20-10(9)2)16-6-7-19-15(18)12-4-5-14(17)21-11(12)3/h9-13,16H,4-8H2,1-3H3. The van der Waals surface area contributed by atoms with Gasteiger partial charge in [-0.2, -0.15) is 0 Å². The van der Waals surface area contributed by atoms with Crippen LogP contribution in [0, 0.1) is 11.8 Å². The van der Waals surface area contributed by atoms with Crippen molar-refractivity contribution in [1.29, 1.82) is 0 Å². The Morgan fingerprint density at radius 3 is 2.71 bits per heavy atom. The lowest BCUT2D eigenvalue weighted by Crippen LogP contribution is -2.38. The van der Waals surface area contributed by atoms with Crippen molar-refractivity contribution in [2.45, 2.75) is 58.5 Å². The topological polar surface area (TPSA) is 73.9 Å². The molecule has 2 rings (SSSR count). The second kappa shape index (κ2) is 7.22. The summed E-state index contributed by atoms with van der Waals surface area (Å²) < 4.78 is 16.0. The maximum absolute atomic E-state index is 11.9. The van der Waals surface area contributed by atoms with Crippen LogP contribution in [0.4, 0.5) is 0 Å². The predicted molar refractivity (Wildman–Crippen MR) is 75.4 cm³/mol. The Labute approximate surface area is 125 Å². The SMILES string of the molecule is CC1CC(NCCOC(=O)C2CCC(=O)OC2C)OC1C. The van der Waals surface area contributed by atoms with Crippen LogP contribution in [-0.2, 0) is 23.8 Å². The van der Waals surface area contributed by atoms with E-state index < -0.39 is 6.10 Å². The minimum Gasteiger partial charge on any atom is -0.464 e. The fourth-order valence-electron chi connectivity index (χ4n) is 2.75. The van der Waals surface area contributed by atoms with Gasteiger partial charge in [-0.25, -0.2) is 0 Å². The van der Waals surface area contributed by atoms with E-state index >= 15 is 0 Å². The van der Waals surface area contributed by atoms with Crippen LogP contribution in [0.3, 0.4) is 0 Å². The molecule has 2 heterocycles. The molecule has 5 atom stereocenters. The molecule has 6 heteroatoms. The predicted octanol–water partition coefficient (Wildman–Crippen LogP) is 1.23. The van der Waals surface area contributed by atoms with E-state index in [2.05, 4.69) is 19.2 Å². The van der Waals surface area contributed by atoms with Crippen molar-refractivity contribution in [1.82, 2.24) is 5.32 Å². The Bertz CT molecular complexity index is 376. The molecule has 0 aromatic rings. The van der Waals surface area contributed by atoms with Crippen LogP contribution in [0.15, 0.2) is 0 Å². The number of carbonyl (C=O) groups excluding carboxylic acids is 2. The van der Waals surface area contributed by atoms with Crippen molar-refractivity contribution in [2.24, 2.45) is 11.8 Å². The summed E-state index contributed by atoms with van der Waals surface area (Å²) in [7, 11) is 0. The highest BCUT2D eigenvalue weighted by Crippen LogP contribution is 2.24. The van der Waals surface area contributed by atoms with E-state index in [-0.39, 0.29) is 36.6 Å². The van der Waals surface area contributed by atoms with Gasteiger partial charge in [-0.15, -0.1) is 0 Å². The Balaban J connectivity index is 1.62. The van der Waals surface area contributed by atoms with Crippen LogP contribution in [-0.4, -0.2) is 43.5 Å². The van der Waals surface area contributed by atoms with E-state index in [4.69, 9.17) is 14.2 Å². The van der Waals surface area contributed by atoms with E-state index in [0.29, 0.717) is 25.5 Å². The lowest BCUT2D eigenvalue weighted by molar-refractivity contribution is -0.167. The number of esters is 2. The van der Waals surface area contributed by atoms with Crippen molar-refractivity contribution in [3.8, 4) is 0 Å². The smallest absolute Gasteiger partial charge is 0.312 e. The maximum atomic E-state index is 11.9. The van der Waals surface area contributed by atoms with Gasteiger partial charge in [0.05, 0.1) is 12.0 Å². The number of nitrogens with one attached hydrogen (secondary N) is 1. The van der Waals surface area contributed by atoms with Crippen LogP contribution in [0.5, 0.6) is 0 Å². The highest BCUT2D eigenvalue weighted by atomic mass is 16.6. The molecule has 2 aliphatic heterocycles. The van der Waals surface area contributed by atoms with Gasteiger partial charge in [0.25, 0.3) is 0 Å². The zero-order valence-electron chi connectivity index (χ0n) is 13.0. The average molecular weight is 299 g/mol. The molecule has 6 nitrogen and oxygen atoms in total. The van der Waals surface area contributed by atoms with Crippen LogP contribution in [0.25, 0.3) is 0 Å². The highest BCUT2D eigenvalue weighted by molar-refractivity contribution is 5.77. The van der Waals surface area contributed by atoms with Crippen molar-refractivity contribution in [2.75, 3.05) is 13.2 Å². The Kier molecular flexibility index (Phi) is 5.58. The summed E-state index contributed by atoms with van der Waals surface area (Å²) in [6, 6.07) is 0. The molecule has 2 fully saturated rings. The molecule has 2 saturated heterocycles. The van der Waals surface area contributed by atoms with Crippen molar-refractivity contribution in [3.63, 3.8) is 0 Å². The van der Waals surface area contributed by atoms with Gasteiger partial charge in [0.15, 0.2) is 0 Å². The number of cyclic esters (lactones) is 1. The van der Waals surface area contributed by atoms with Crippen LogP contribution in [0.2, 0.25) is 0 Å². The normalized spacial score (nSPS) is 36.3. The van der Waals surface area contributed by atoms with E-state index in [9.17, 15) is 9.59 Å². The number of hydrogen-bond acceptors (Lipinski definition) is 6. The summed E-state index contributed by atoms with van der Waals surface area (Å²) in [5.74, 6) is -0.325. The van der Waals surface area contributed by atoms with Gasteiger partial charge in [-0.3, -0.25) is 14.9 Å². The quantitative estimate of drug-likeness (QED) is 0.608. The molecule has 0 bridgehead atoms. The number of carbonyl (C=O) groups is 2. The molecule has 0 amide bonds. The second-order valence-electron chi connectivity index (χ2n) is 6.00. The largest absolute Gasteiger partial charge is 0.464 e. The van der Waals surface area contributed by atoms with Crippen molar-refractivity contribution in [3.05, 3.63) is 0 Å². The summed E-state index contributed by atoms with van der Waals surface area (Å²) in [5, 5.41) is 3.23. The van der Waals surface area contributed by atoms with Crippen LogP contribution in [0.1, 0.15) is 40.0 Å². The molecule has 0 aliphatic carbocycles. The first kappa shape index (κ1) is 16.2. The minimum atomic E-state index is -0.397. The average Bonchev–Trinajstić information content (AvgIpc) is 2.73. The third-order valence-electron chi connectivity index (χ3n) is 4.33. The van der Waals surface area contributed by atoms with Gasteiger partial charge in [-0.05, 0) is 32.6 Å². The summed E-state index contributed by atoms with van der Waals surface area (Å²) in [4.78, 5) is 23.0. The summed E-state index contributed by atoms with van der Waals surface area (Å²) in [6.07, 6.45) is 1.68. The molecule has 5 unspecified atom stereocenters. The second-order valence-corrected chi connectivity index (χ2v) is 6.00. The third-order valence-corrected chi connectivity index (χ3v) is 4.33. The lowest BCUT2D eigenvalue weighted by atomic mass is 9.95. The molecular weight excluding hydrogens is 274 g/mol. The highest BCUT2D eigenvalue weighted by Gasteiger charge is 2.34. The minimum absolute atomic E-state index is 0.0447. The van der Waals surface area contributed by atoms with E-state index in [1.165, 1.54) is 0 Å². The monoisotopic (exact) mass is 299 g/mol. The first-order valence-corrected chi connectivity index (χ1v) is 7.72. The molecule has 21 heavy (non-hydrogen) atoms. The van der Waals surface area contributed by atoms with Crippen molar-refractivity contribution < 1.29 is 23.8 Å². The summed E-state index contributed by atoms with van der Waals surface area (Å²) >= 11 is 0. The summed E-state index contributed by atoms with van der Waals surface area (Å²) in [5.41, 5.74) is 0. The van der Waals surface area contributed by atoms with Gasteiger partial charge in [0, 0.05) is 13.0 Å². The maximum Gasteiger partial charge on any atom is 0.312 e. The van der Waals surface area contributed by atoms with E-state index in [1.54, 1.807) is 6.92 Å². The zero-order chi connectivity index (χ0) is 15.4. The first-order valence-electron chi connectivity index (χ1n) is 7.72. The molecule has 0 radical (unpaired) electrons. The Morgan fingerprint density at radius 2 is 2.10 bits per heavy atom. The molecular formula is C15H25NO5. The van der Waals surface area contributed by atoms with Gasteiger partial charge < -0.3 is 14.2 Å². The van der Waals surface area contributed by atoms with Gasteiger partial charge in [0.1, 0.15) is 18.9 Å².